The second kappa shape index (κ2) is 4.71. The summed E-state index contributed by atoms with van der Waals surface area (Å²) >= 11 is 1.15. The molecule has 1 atom stereocenters. The third-order valence-electron chi connectivity index (χ3n) is 2.53. The third kappa shape index (κ3) is 2.02. The molecule has 1 N–H and O–H groups in total. The molecule has 0 spiro atoms. The first-order valence-electron chi connectivity index (χ1n) is 5.01. The van der Waals surface area contributed by atoms with Crippen molar-refractivity contribution in [2.45, 2.75) is 10.9 Å². The lowest BCUT2D eigenvalue weighted by molar-refractivity contribution is -0.139. The lowest BCUT2D eigenvalue weighted by Crippen LogP contribution is -2.40. The summed E-state index contributed by atoms with van der Waals surface area (Å²) in [5.74, 6) is -1.19. The number of thiophene rings is 1. The Hall–Kier alpha value is -1.38. The predicted molar refractivity (Wildman–Crippen MR) is 65.3 cm³/mol. The van der Waals surface area contributed by atoms with Crippen molar-refractivity contribution in [2.24, 2.45) is 0 Å². The average molecular weight is 289 g/mol. The number of aliphatic carboxylic acids is 1. The second-order valence-electron chi connectivity index (χ2n) is 3.56. The molecule has 0 fully saturated rings. The Balaban J connectivity index is 2.41. The van der Waals surface area contributed by atoms with E-state index in [1.165, 1.54) is 25.3 Å². The minimum absolute atomic E-state index is 0.00458. The largest absolute Gasteiger partial charge is 0.486 e. The van der Waals surface area contributed by atoms with Crippen LogP contribution in [0.2, 0.25) is 0 Å². The van der Waals surface area contributed by atoms with E-state index in [2.05, 4.69) is 0 Å². The van der Waals surface area contributed by atoms with Crippen LogP contribution in [0, 0.1) is 0 Å². The zero-order valence-electron chi connectivity index (χ0n) is 9.44. The predicted octanol–water partition coefficient (Wildman–Crippen LogP) is 0.770. The number of carboxylic acid groups (broad SMARTS) is 1. The first-order valence-corrected chi connectivity index (χ1v) is 7.33. The summed E-state index contributed by atoms with van der Waals surface area (Å²) < 4.78 is 30.6. The fourth-order valence-electron chi connectivity index (χ4n) is 1.71. The SMILES string of the molecule is COc1sccc1S(=O)(=O)N1CC=CC1C(=O)O. The first-order chi connectivity index (χ1) is 8.48. The molecule has 0 amide bonds. The van der Waals surface area contributed by atoms with Gasteiger partial charge in [-0.25, -0.2) is 8.42 Å². The van der Waals surface area contributed by atoms with Crippen molar-refractivity contribution in [1.82, 2.24) is 4.31 Å². The summed E-state index contributed by atoms with van der Waals surface area (Å²) in [6.45, 7) is 0.0539. The lowest BCUT2D eigenvalue weighted by atomic mass is 10.3. The highest BCUT2D eigenvalue weighted by atomic mass is 32.2. The molecule has 2 heterocycles. The molecule has 1 aliphatic rings. The molecule has 1 unspecified atom stereocenters. The standard InChI is InChI=1S/C10H11NO5S2/c1-16-10-8(4-6-17-10)18(14,15)11-5-2-3-7(11)9(12)13/h2-4,6-7H,5H2,1H3,(H,12,13). The molecule has 1 aliphatic heterocycles. The smallest absolute Gasteiger partial charge is 0.326 e. The van der Waals surface area contributed by atoms with Gasteiger partial charge in [-0.05, 0) is 11.4 Å². The zero-order valence-corrected chi connectivity index (χ0v) is 11.1. The summed E-state index contributed by atoms with van der Waals surface area (Å²) in [4.78, 5) is 11.0. The summed E-state index contributed by atoms with van der Waals surface area (Å²) in [6, 6.07) is 0.260. The minimum atomic E-state index is -3.86. The van der Waals surface area contributed by atoms with Gasteiger partial charge in [-0.2, -0.15) is 4.31 Å². The van der Waals surface area contributed by atoms with Gasteiger partial charge < -0.3 is 9.84 Å². The van der Waals surface area contributed by atoms with E-state index in [0.717, 1.165) is 15.6 Å². The minimum Gasteiger partial charge on any atom is -0.486 e. The van der Waals surface area contributed by atoms with Crippen molar-refractivity contribution in [3.05, 3.63) is 23.6 Å². The van der Waals surface area contributed by atoms with E-state index in [-0.39, 0.29) is 16.5 Å². The van der Waals surface area contributed by atoms with E-state index in [9.17, 15) is 13.2 Å². The molecule has 18 heavy (non-hydrogen) atoms. The molecule has 6 nitrogen and oxygen atoms in total. The summed E-state index contributed by atoms with van der Waals surface area (Å²) in [5, 5.41) is 10.8. The van der Waals surface area contributed by atoms with Gasteiger partial charge in [-0.1, -0.05) is 12.2 Å². The van der Waals surface area contributed by atoms with Gasteiger partial charge in [0.1, 0.15) is 10.9 Å². The maximum absolute atomic E-state index is 12.3. The van der Waals surface area contributed by atoms with Crippen molar-refractivity contribution < 1.29 is 23.1 Å². The molecule has 98 valence electrons. The molecule has 1 aromatic rings. The van der Waals surface area contributed by atoms with Crippen molar-refractivity contribution >= 4 is 27.3 Å². The van der Waals surface area contributed by atoms with E-state index in [4.69, 9.17) is 9.84 Å². The highest BCUT2D eigenvalue weighted by Gasteiger charge is 2.38. The van der Waals surface area contributed by atoms with Gasteiger partial charge in [-0.3, -0.25) is 4.79 Å². The van der Waals surface area contributed by atoms with Crippen LogP contribution in [0.3, 0.4) is 0 Å². The summed E-state index contributed by atoms with van der Waals surface area (Å²) in [7, 11) is -2.48. The van der Waals surface area contributed by atoms with Crippen molar-refractivity contribution in [3.8, 4) is 5.06 Å². The van der Waals surface area contributed by atoms with Crippen LogP contribution in [0.4, 0.5) is 0 Å². The molecule has 1 aromatic heterocycles. The monoisotopic (exact) mass is 289 g/mol. The number of methoxy groups -OCH3 is 1. The quantitative estimate of drug-likeness (QED) is 0.828. The first kappa shape index (κ1) is 13.1. The van der Waals surface area contributed by atoms with E-state index < -0.39 is 22.0 Å². The molecule has 0 saturated heterocycles. The molecular weight excluding hydrogens is 278 g/mol. The number of hydrogen-bond acceptors (Lipinski definition) is 5. The molecule has 8 heteroatoms. The van der Waals surface area contributed by atoms with E-state index >= 15 is 0 Å². The fraction of sp³-hybridized carbons (Fsp3) is 0.300. The Morgan fingerprint density at radius 3 is 2.94 bits per heavy atom. The maximum Gasteiger partial charge on any atom is 0.326 e. The van der Waals surface area contributed by atoms with Crippen LogP contribution in [0.25, 0.3) is 0 Å². The summed E-state index contributed by atoms with van der Waals surface area (Å²) in [5.41, 5.74) is 0. The third-order valence-corrected chi connectivity index (χ3v) is 5.41. The molecule has 2 rings (SSSR count). The second-order valence-corrected chi connectivity index (χ2v) is 6.30. The van der Waals surface area contributed by atoms with Gasteiger partial charge >= 0.3 is 5.97 Å². The number of rotatable bonds is 4. The number of sulfonamides is 1. The number of ether oxygens (including phenoxy) is 1. The Labute approximate surface area is 108 Å². The molecular formula is C10H11NO5S2. The normalized spacial score (nSPS) is 20.2. The van der Waals surface area contributed by atoms with E-state index in [0.29, 0.717) is 0 Å². The topological polar surface area (TPSA) is 83.9 Å². The summed E-state index contributed by atoms with van der Waals surface area (Å²) in [6.07, 6.45) is 2.88. The number of hydrogen-bond donors (Lipinski definition) is 1. The van der Waals surface area contributed by atoms with Crippen molar-refractivity contribution in [1.29, 1.82) is 0 Å². The van der Waals surface area contributed by atoms with E-state index in [1.807, 2.05) is 0 Å². The fourth-order valence-corrected chi connectivity index (χ4v) is 4.39. The zero-order chi connectivity index (χ0) is 13.3. The Morgan fingerprint density at radius 1 is 1.61 bits per heavy atom. The van der Waals surface area contributed by atoms with Crippen LogP contribution in [0.15, 0.2) is 28.5 Å². The van der Waals surface area contributed by atoms with Gasteiger partial charge in [0, 0.05) is 6.54 Å². The lowest BCUT2D eigenvalue weighted by Gasteiger charge is -2.20. The molecule has 0 saturated carbocycles. The van der Waals surface area contributed by atoms with Crippen molar-refractivity contribution in [3.63, 3.8) is 0 Å². The van der Waals surface area contributed by atoms with Gasteiger partial charge in [0.2, 0.25) is 10.0 Å². The number of carboxylic acids is 1. The molecule has 0 radical (unpaired) electrons. The average Bonchev–Trinajstić information content (AvgIpc) is 2.98. The molecule has 0 bridgehead atoms. The van der Waals surface area contributed by atoms with Crippen LogP contribution < -0.4 is 4.74 Å². The van der Waals surface area contributed by atoms with Crippen LogP contribution in [0.1, 0.15) is 0 Å². The Bertz CT molecular complexity index is 589. The van der Waals surface area contributed by atoms with E-state index in [1.54, 1.807) is 5.38 Å². The van der Waals surface area contributed by atoms with Gasteiger partial charge in [0.15, 0.2) is 5.06 Å². The highest BCUT2D eigenvalue weighted by molar-refractivity contribution is 7.89. The maximum atomic E-state index is 12.3. The molecule has 0 aromatic carbocycles. The van der Waals surface area contributed by atoms with Crippen LogP contribution in [-0.4, -0.2) is 43.5 Å². The Morgan fingerprint density at radius 2 is 2.33 bits per heavy atom. The number of nitrogens with zero attached hydrogens (tertiary/aromatic N) is 1. The van der Waals surface area contributed by atoms with Crippen LogP contribution in [0.5, 0.6) is 5.06 Å². The Kier molecular flexibility index (Phi) is 3.42. The molecule has 0 aliphatic carbocycles. The highest BCUT2D eigenvalue weighted by Crippen LogP contribution is 2.33. The number of carbonyl (C=O) groups is 1. The van der Waals surface area contributed by atoms with Gasteiger partial charge in [-0.15, -0.1) is 11.3 Å². The van der Waals surface area contributed by atoms with Crippen LogP contribution >= 0.6 is 11.3 Å². The van der Waals surface area contributed by atoms with Crippen LogP contribution in [-0.2, 0) is 14.8 Å². The van der Waals surface area contributed by atoms with Crippen molar-refractivity contribution in [2.75, 3.05) is 13.7 Å². The van der Waals surface area contributed by atoms with Gasteiger partial charge in [0.05, 0.1) is 7.11 Å². The van der Waals surface area contributed by atoms with Gasteiger partial charge in [0.25, 0.3) is 0 Å².